The second-order valence-electron chi connectivity index (χ2n) is 3.92. The molecule has 0 fully saturated rings. The molecule has 78 valence electrons. The maximum absolute atomic E-state index is 10.7. The van der Waals surface area contributed by atoms with E-state index >= 15 is 0 Å². The van der Waals surface area contributed by atoms with Crippen LogP contribution in [-0.2, 0) is 4.74 Å². The molecule has 0 aliphatic heterocycles. The topological polar surface area (TPSA) is 38.3 Å². The quantitative estimate of drug-likeness (QED) is 0.717. The van der Waals surface area contributed by atoms with E-state index in [9.17, 15) is 4.79 Å². The predicted molar refractivity (Wildman–Crippen MR) is 53.6 cm³/mol. The summed E-state index contributed by atoms with van der Waals surface area (Å²) in [7, 11) is 1.57. The Morgan fingerprint density at radius 3 is 2.38 bits per heavy atom. The van der Waals surface area contributed by atoms with Crippen LogP contribution < -0.4 is 5.32 Å². The Kier molecular flexibility index (Phi) is 6.37. The number of nitrogens with one attached hydrogen (secondary N) is 1. The first-order valence-electron chi connectivity index (χ1n) is 4.90. The fraction of sp³-hybridized carbons (Fsp3) is 0.900. The lowest BCUT2D eigenvalue weighted by molar-refractivity contribution is 0.129. The Morgan fingerprint density at radius 2 is 1.92 bits per heavy atom. The van der Waals surface area contributed by atoms with Crippen LogP contribution in [-0.4, -0.2) is 19.7 Å². The summed E-state index contributed by atoms with van der Waals surface area (Å²) >= 11 is 0. The van der Waals surface area contributed by atoms with Crippen molar-refractivity contribution < 1.29 is 9.53 Å². The number of hydrogen-bond donors (Lipinski definition) is 1. The molecule has 1 unspecified atom stereocenters. The molecule has 1 atom stereocenters. The van der Waals surface area contributed by atoms with Gasteiger partial charge in [-0.1, -0.05) is 27.2 Å². The van der Waals surface area contributed by atoms with Crippen LogP contribution >= 0.6 is 0 Å². The molecule has 0 aromatic heterocycles. The van der Waals surface area contributed by atoms with Crippen LogP contribution in [0.4, 0.5) is 4.79 Å². The molecule has 0 aliphatic rings. The van der Waals surface area contributed by atoms with Gasteiger partial charge in [0.1, 0.15) is 0 Å². The average Bonchev–Trinajstić information content (AvgIpc) is 2.10. The average molecular weight is 187 g/mol. The van der Waals surface area contributed by atoms with Gasteiger partial charge in [0.15, 0.2) is 0 Å². The van der Waals surface area contributed by atoms with Crippen molar-refractivity contribution in [2.75, 3.05) is 13.7 Å². The lowest BCUT2D eigenvalue weighted by Crippen LogP contribution is -2.22. The molecular weight excluding hydrogens is 166 g/mol. The van der Waals surface area contributed by atoms with Gasteiger partial charge >= 0.3 is 6.09 Å². The van der Waals surface area contributed by atoms with Crippen molar-refractivity contribution >= 4 is 6.09 Å². The van der Waals surface area contributed by atoms with Crippen molar-refractivity contribution in [3.8, 4) is 0 Å². The predicted octanol–water partition coefficient (Wildman–Crippen LogP) is 2.41. The van der Waals surface area contributed by atoms with Crippen LogP contribution in [0.15, 0.2) is 0 Å². The van der Waals surface area contributed by atoms with Gasteiger partial charge in [0, 0.05) is 7.05 Å². The van der Waals surface area contributed by atoms with E-state index in [1.165, 1.54) is 6.42 Å². The van der Waals surface area contributed by atoms with E-state index < -0.39 is 0 Å². The van der Waals surface area contributed by atoms with Crippen molar-refractivity contribution in [2.45, 2.75) is 33.6 Å². The van der Waals surface area contributed by atoms with Gasteiger partial charge < -0.3 is 10.1 Å². The number of amides is 1. The number of rotatable bonds is 5. The highest BCUT2D eigenvalue weighted by atomic mass is 16.5. The highest BCUT2D eigenvalue weighted by molar-refractivity contribution is 5.66. The van der Waals surface area contributed by atoms with E-state index in [1.807, 2.05) is 0 Å². The number of hydrogen-bond acceptors (Lipinski definition) is 2. The molecule has 3 nitrogen and oxygen atoms in total. The third kappa shape index (κ3) is 7.62. The monoisotopic (exact) mass is 187 g/mol. The number of ether oxygens (including phenoxy) is 1. The molecular formula is C10H21NO2. The fourth-order valence-electron chi connectivity index (χ4n) is 0.991. The van der Waals surface area contributed by atoms with Crippen molar-refractivity contribution in [2.24, 2.45) is 11.8 Å². The molecule has 0 heterocycles. The molecule has 0 rings (SSSR count). The maximum Gasteiger partial charge on any atom is 0.406 e. The SMILES string of the molecule is CNC(=O)OCC(C)CCC(C)C. The van der Waals surface area contributed by atoms with E-state index in [0.717, 1.165) is 12.3 Å². The molecule has 13 heavy (non-hydrogen) atoms. The van der Waals surface area contributed by atoms with E-state index in [2.05, 4.69) is 26.1 Å². The van der Waals surface area contributed by atoms with Gasteiger partial charge in [-0.15, -0.1) is 0 Å². The minimum Gasteiger partial charge on any atom is -0.449 e. The zero-order valence-electron chi connectivity index (χ0n) is 9.09. The van der Waals surface area contributed by atoms with Crippen LogP contribution in [0.2, 0.25) is 0 Å². The second kappa shape index (κ2) is 6.75. The Hall–Kier alpha value is -0.730. The molecule has 0 aromatic carbocycles. The Bertz CT molecular complexity index is 146. The van der Waals surface area contributed by atoms with Gasteiger partial charge in [0.25, 0.3) is 0 Å². The summed E-state index contributed by atoms with van der Waals surface area (Å²) in [5.74, 6) is 1.18. The maximum atomic E-state index is 10.7. The first-order chi connectivity index (χ1) is 6.06. The summed E-state index contributed by atoms with van der Waals surface area (Å²) in [6.45, 7) is 7.02. The van der Waals surface area contributed by atoms with E-state index in [0.29, 0.717) is 12.5 Å². The molecule has 0 saturated carbocycles. The molecule has 0 saturated heterocycles. The molecule has 1 N–H and O–H groups in total. The zero-order valence-corrected chi connectivity index (χ0v) is 9.09. The number of carbonyl (C=O) groups excluding carboxylic acids is 1. The summed E-state index contributed by atoms with van der Waals surface area (Å²) in [6.07, 6.45) is 1.98. The Balaban J connectivity index is 3.40. The minimum absolute atomic E-state index is 0.337. The van der Waals surface area contributed by atoms with Crippen molar-refractivity contribution in [3.05, 3.63) is 0 Å². The highest BCUT2D eigenvalue weighted by Gasteiger charge is 2.06. The van der Waals surface area contributed by atoms with Gasteiger partial charge in [0.05, 0.1) is 6.61 Å². The highest BCUT2D eigenvalue weighted by Crippen LogP contribution is 2.11. The smallest absolute Gasteiger partial charge is 0.406 e. The van der Waals surface area contributed by atoms with Crippen LogP contribution in [0.3, 0.4) is 0 Å². The van der Waals surface area contributed by atoms with Crippen LogP contribution in [0.25, 0.3) is 0 Å². The summed E-state index contributed by atoms with van der Waals surface area (Å²) < 4.78 is 4.94. The molecule has 1 amide bonds. The van der Waals surface area contributed by atoms with Gasteiger partial charge in [-0.3, -0.25) is 0 Å². The second-order valence-corrected chi connectivity index (χ2v) is 3.92. The standard InChI is InChI=1S/C10H21NO2/c1-8(2)5-6-9(3)7-13-10(12)11-4/h8-9H,5-7H2,1-4H3,(H,11,12). The Labute approximate surface area is 80.8 Å². The van der Waals surface area contributed by atoms with Gasteiger partial charge in [-0.2, -0.15) is 0 Å². The minimum atomic E-state index is -0.337. The summed E-state index contributed by atoms with van der Waals surface area (Å²) in [5.41, 5.74) is 0. The third-order valence-electron chi connectivity index (χ3n) is 1.94. The van der Waals surface area contributed by atoms with E-state index in [4.69, 9.17) is 4.74 Å². The molecule has 0 aliphatic carbocycles. The summed E-state index contributed by atoms with van der Waals surface area (Å²) in [5, 5.41) is 2.42. The van der Waals surface area contributed by atoms with Crippen LogP contribution in [0.1, 0.15) is 33.6 Å². The fourth-order valence-corrected chi connectivity index (χ4v) is 0.991. The normalized spacial score (nSPS) is 12.7. The summed E-state index contributed by atoms with van der Waals surface area (Å²) in [4.78, 5) is 10.7. The third-order valence-corrected chi connectivity index (χ3v) is 1.94. The Morgan fingerprint density at radius 1 is 1.31 bits per heavy atom. The van der Waals surface area contributed by atoms with Crippen LogP contribution in [0, 0.1) is 11.8 Å². The molecule has 3 heteroatoms. The van der Waals surface area contributed by atoms with Crippen molar-refractivity contribution in [3.63, 3.8) is 0 Å². The van der Waals surface area contributed by atoms with E-state index in [-0.39, 0.29) is 6.09 Å². The number of alkyl carbamates (subject to hydrolysis) is 1. The number of carbonyl (C=O) groups is 1. The van der Waals surface area contributed by atoms with Gasteiger partial charge in [-0.25, -0.2) is 4.79 Å². The lowest BCUT2D eigenvalue weighted by Gasteiger charge is -2.12. The molecule has 0 aromatic rings. The van der Waals surface area contributed by atoms with E-state index in [1.54, 1.807) is 7.05 Å². The van der Waals surface area contributed by atoms with Crippen LogP contribution in [0.5, 0.6) is 0 Å². The zero-order chi connectivity index (χ0) is 10.3. The van der Waals surface area contributed by atoms with Gasteiger partial charge in [0.2, 0.25) is 0 Å². The molecule has 0 spiro atoms. The van der Waals surface area contributed by atoms with Gasteiger partial charge in [-0.05, 0) is 18.3 Å². The van der Waals surface area contributed by atoms with Crippen molar-refractivity contribution in [1.82, 2.24) is 5.32 Å². The lowest BCUT2D eigenvalue weighted by atomic mass is 10.0. The first-order valence-corrected chi connectivity index (χ1v) is 4.90. The molecule has 0 radical (unpaired) electrons. The largest absolute Gasteiger partial charge is 0.449 e. The first kappa shape index (κ1) is 12.3. The van der Waals surface area contributed by atoms with Crippen molar-refractivity contribution in [1.29, 1.82) is 0 Å². The summed E-state index contributed by atoms with van der Waals surface area (Å²) in [6, 6.07) is 0. The molecule has 0 bridgehead atoms.